The standard InChI is InChI=1S/C11H14F3NO2/c1-7-9(11(12,13)14)4-8(5-15-7)17-6-10(2,3)16/h4-5,16H,6H2,1-3H3. The van der Waals surface area contributed by atoms with Crippen molar-refractivity contribution in [2.24, 2.45) is 0 Å². The van der Waals surface area contributed by atoms with E-state index in [-0.39, 0.29) is 18.1 Å². The number of aliphatic hydroxyl groups is 1. The van der Waals surface area contributed by atoms with Gasteiger partial charge < -0.3 is 9.84 Å². The number of rotatable bonds is 3. The van der Waals surface area contributed by atoms with Crippen molar-refractivity contribution in [3.8, 4) is 5.75 Å². The lowest BCUT2D eigenvalue weighted by molar-refractivity contribution is -0.138. The van der Waals surface area contributed by atoms with Crippen LogP contribution in [0, 0.1) is 6.92 Å². The normalized spacial score (nSPS) is 12.6. The minimum Gasteiger partial charge on any atom is -0.489 e. The van der Waals surface area contributed by atoms with Gasteiger partial charge in [-0.3, -0.25) is 4.98 Å². The van der Waals surface area contributed by atoms with Crippen LogP contribution >= 0.6 is 0 Å². The molecule has 0 aliphatic carbocycles. The number of ether oxygens (including phenoxy) is 1. The molecular weight excluding hydrogens is 235 g/mol. The summed E-state index contributed by atoms with van der Waals surface area (Å²) in [6, 6.07) is 0.883. The number of hydrogen-bond donors (Lipinski definition) is 1. The van der Waals surface area contributed by atoms with Gasteiger partial charge >= 0.3 is 6.18 Å². The fourth-order valence-electron chi connectivity index (χ4n) is 1.14. The number of aryl methyl sites for hydroxylation is 1. The second-order valence-electron chi connectivity index (χ2n) is 4.40. The SMILES string of the molecule is Cc1ncc(OCC(C)(C)O)cc1C(F)(F)F. The first-order valence-electron chi connectivity index (χ1n) is 4.98. The highest BCUT2D eigenvalue weighted by Crippen LogP contribution is 2.33. The third kappa shape index (κ3) is 4.22. The topological polar surface area (TPSA) is 42.4 Å². The highest BCUT2D eigenvalue weighted by molar-refractivity contribution is 5.30. The number of pyridine rings is 1. The van der Waals surface area contributed by atoms with E-state index in [9.17, 15) is 18.3 Å². The molecular formula is C11H14F3NO2. The van der Waals surface area contributed by atoms with Gasteiger partial charge in [0.25, 0.3) is 0 Å². The van der Waals surface area contributed by atoms with Crippen LogP contribution in [-0.2, 0) is 6.18 Å². The van der Waals surface area contributed by atoms with Crippen LogP contribution in [0.2, 0.25) is 0 Å². The molecule has 3 nitrogen and oxygen atoms in total. The fraction of sp³-hybridized carbons (Fsp3) is 0.545. The van der Waals surface area contributed by atoms with Crippen LogP contribution in [0.3, 0.4) is 0 Å². The van der Waals surface area contributed by atoms with Crippen molar-refractivity contribution in [3.05, 3.63) is 23.5 Å². The molecule has 0 aromatic carbocycles. The van der Waals surface area contributed by atoms with Crippen LogP contribution in [0.1, 0.15) is 25.1 Å². The Hall–Kier alpha value is -1.30. The molecule has 0 aliphatic rings. The van der Waals surface area contributed by atoms with E-state index in [1.165, 1.54) is 27.0 Å². The molecule has 0 unspecified atom stereocenters. The molecule has 0 aliphatic heterocycles. The quantitative estimate of drug-likeness (QED) is 0.895. The van der Waals surface area contributed by atoms with Gasteiger partial charge in [-0.25, -0.2) is 0 Å². The van der Waals surface area contributed by atoms with Gasteiger partial charge in [-0.05, 0) is 26.8 Å². The van der Waals surface area contributed by atoms with E-state index in [1.54, 1.807) is 0 Å². The number of halogens is 3. The Balaban J connectivity index is 2.90. The Bertz CT molecular complexity index is 397. The van der Waals surface area contributed by atoms with Crippen LogP contribution in [0.5, 0.6) is 5.75 Å². The zero-order valence-corrected chi connectivity index (χ0v) is 9.80. The molecule has 0 bridgehead atoms. The largest absolute Gasteiger partial charge is 0.489 e. The van der Waals surface area contributed by atoms with Crippen LogP contribution < -0.4 is 4.74 Å². The average Bonchev–Trinajstić information content (AvgIpc) is 2.13. The van der Waals surface area contributed by atoms with Crippen LogP contribution in [-0.4, -0.2) is 22.3 Å². The van der Waals surface area contributed by atoms with Crippen molar-refractivity contribution in [3.63, 3.8) is 0 Å². The summed E-state index contributed by atoms with van der Waals surface area (Å²) in [4.78, 5) is 3.62. The smallest absolute Gasteiger partial charge is 0.418 e. The molecule has 1 N–H and O–H groups in total. The summed E-state index contributed by atoms with van der Waals surface area (Å²) in [6.45, 7) is 4.18. The zero-order chi connectivity index (χ0) is 13.3. The second kappa shape index (κ2) is 4.52. The minimum absolute atomic E-state index is 0.00921. The van der Waals surface area contributed by atoms with Crippen molar-refractivity contribution in [1.82, 2.24) is 4.98 Å². The Kier molecular flexibility index (Phi) is 3.66. The van der Waals surface area contributed by atoms with E-state index in [2.05, 4.69) is 4.98 Å². The van der Waals surface area contributed by atoms with E-state index < -0.39 is 17.3 Å². The summed E-state index contributed by atoms with van der Waals surface area (Å²) in [5, 5.41) is 9.40. The molecule has 0 spiro atoms. The van der Waals surface area contributed by atoms with E-state index in [0.717, 1.165) is 6.07 Å². The predicted octanol–water partition coefficient (Wildman–Crippen LogP) is 2.56. The summed E-state index contributed by atoms with van der Waals surface area (Å²) in [5.41, 5.74) is -2.04. The lowest BCUT2D eigenvalue weighted by Crippen LogP contribution is -2.28. The molecule has 1 heterocycles. The average molecular weight is 249 g/mol. The van der Waals surface area contributed by atoms with Crippen LogP contribution in [0.4, 0.5) is 13.2 Å². The predicted molar refractivity (Wildman–Crippen MR) is 55.8 cm³/mol. The molecule has 0 fully saturated rings. The van der Waals surface area contributed by atoms with Gasteiger partial charge in [0.05, 0.1) is 17.4 Å². The van der Waals surface area contributed by atoms with Gasteiger partial charge in [-0.1, -0.05) is 0 Å². The Labute approximate surface area is 97.2 Å². The van der Waals surface area contributed by atoms with Gasteiger partial charge in [0.15, 0.2) is 0 Å². The summed E-state index contributed by atoms with van der Waals surface area (Å²) in [5.74, 6) is -0.00921. The lowest BCUT2D eigenvalue weighted by atomic mass is 10.1. The maximum absolute atomic E-state index is 12.6. The summed E-state index contributed by atoms with van der Waals surface area (Å²) >= 11 is 0. The van der Waals surface area contributed by atoms with Crippen molar-refractivity contribution >= 4 is 0 Å². The van der Waals surface area contributed by atoms with Gasteiger partial charge in [0.1, 0.15) is 12.4 Å². The number of aromatic nitrogens is 1. The summed E-state index contributed by atoms with van der Waals surface area (Å²) in [6.07, 6.45) is -3.25. The number of hydrogen-bond acceptors (Lipinski definition) is 3. The molecule has 17 heavy (non-hydrogen) atoms. The van der Waals surface area contributed by atoms with Crippen molar-refractivity contribution < 1.29 is 23.0 Å². The van der Waals surface area contributed by atoms with Crippen molar-refractivity contribution in [2.75, 3.05) is 6.61 Å². The summed E-state index contributed by atoms with van der Waals surface area (Å²) < 4.78 is 42.7. The van der Waals surface area contributed by atoms with Crippen molar-refractivity contribution in [1.29, 1.82) is 0 Å². The molecule has 1 rings (SSSR count). The van der Waals surface area contributed by atoms with Crippen molar-refractivity contribution in [2.45, 2.75) is 32.5 Å². The molecule has 0 saturated carbocycles. The molecule has 6 heteroatoms. The van der Waals surface area contributed by atoms with Gasteiger partial charge in [-0.15, -0.1) is 0 Å². The highest BCUT2D eigenvalue weighted by Gasteiger charge is 2.33. The Morgan fingerprint density at radius 2 is 1.94 bits per heavy atom. The molecule has 0 amide bonds. The van der Waals surface area contributed by atoms with E-state index in [4.69, 9.17) is 4.74 Å². The highest BCUT2D eigenvalue weighted by atomic mass is 19.4. The van der Waals surface area contributed by atoms with Gasteiger partial charge in [0, 0.05) is 5.69 Å². The molecule has 1 aromatic heterocycles. The third-order valence-corrected chi connectivity index (χ3v) is 1.96. The fourth-order valence-corrected chi connectivity index (χ4v) is 1.14. The maximum Gasteiger partial charge on any atom is 0.418 e. The molecule has 96 valence electrons. The molecule has 0 saturated heterocycles. The lowest BCUT2D eigenvalue weighted by Gasteiger charge is -2.18. The first-order valence-corrected chi connectivity index (χ1v) is 4.98. The maximum atomic E-state index is 12.6. The second-order valence-corrected chi connectivity index (χ2v) is 4.40. The monoisotopic (exact) mass is 249 g/mol. The number of nitrogens with zero attached hydrogens (tertiary/aromatic N) is 1. The Morgan fingerprint density at radius 3 is 2.41 bits per heavy atom. The van der Waals surface area contributed by atoms with E-state index in [0.29, 0.717) is 0 Å². The van der Waals surface area contributed by atoms with Crippen LogP contribution in [0.25, 0.3) is 0 Å². The first-order chi connectivity index (χ1) is 7.59. The molecule has 0 radical (unpaired) electrons. The minimum atomic E-state index is -4.45. The number of alkyl halides is 3. The first kappa shape index (κ1) is 13.8. The van der Waals surface area contributed by atoms with E-state index >= 15 is 0 Å². The van der Waals surface area contributed by atoms with Gasteiger partial charge in [0.2, 0.25) is 0 Å². The van der Waals surface area contributed by atoms with Gasteiger partial charge in [-0.2, -0.15) is 13.2 Å². The van der Waals surface area contributed by atoms with E-state index in [1.807, 2.05) is 0 Å². The molecule has 0 atom stereocenters. The third-order valence-electron chi connectivity index (χ3n) is 1.96. The van der Waals surface area contributed by atoms with Crippen LogP contribution in [0.15, 0.2) is 12.3 Å². The molecule has 1 aromatic rings. The Morgan fingerprint density at radius 1 is 1.35 bits per heavy atom. The summed E-state index contributed by atoms with van der Waals surface area (Å²) in [7, 11) is 0. The zero-order valence-electron chi connectivity index (χ0n) is 9.80.